The Hall–Kier alpha value is -1.70. The van der Waals surface area contributed by atoms with E-state index in [0.29, 0.717) is 31.0 Å². The Kier molecular flexibility index (Phi) is 4.17. The van der Waals surface area contributed by atoms with E-state index < -0.39 is 15.1 Å². The van der Waals surface area contributed by atoms with Gasteiger partial charge in [-0.2, -0.15) is 0 Å². The second-order valence-corrected chi connectivity index (χ2v) is 9.50. The van der Waals surface area contributed by atoms with Crippen LogP contribution in [0.2, 0.25) is 0 Å². The summed E-state index contributed by atoms with van der Waals surface area (Å²) in [5, 5.41) is -0.526. The molecule has 0 aromatic carbocycles. The van der Waals surface area contributed by atoms with Crippen LogP contribution in [0.1, 0.15) is 49.8 Å². The highest BCUT2D eigenvalue weighted by atomic mass is 32.2. The minimum atomic E-state index is -3.27. The van der Waals surface area contributed by atoms with Gasteiger partial charge in [-0.1, -0.05) is 6.92 Å². The lowest BCUT2D eigenvalue weighted by atomic mass is 10.00. The van der Waals surface area contributed by atoms with Crippen LogP contribution >= 0.6 is 0 Å². The molecule has 4 rings (SSSR count). The highest BCUT2D eigenvalue weighted by Crippen LogP contribution is 2.39. The number of hydrogen-bond acceptors (Lipinski definition) is 6. The standard InChI is InChI=1S/C17H24N4O3S/c1-2-5-15(22)21-9-13-14(10-21)25(23,24)11-12-8-18-17(19-16(12)13)20-6-3-4-7-20/h8,13-14H,2-7,9-11H2,1H3/t13-,14+/m1/s1. The number of nitrogens with zero attached hydrogens (tertiary/aromatic N) is 4. The van der Waals surface area contributed by atoms with Crippen LogP contribution in [0.3, 0.4) is 0 Å². The number of fused-ring (bicyclic) bond motifs is 3. The minimum absolute atomic E-state index is 0.0143. The van der Waals surface area contributed by atoms with E-state index in [2.05, 4.69) is 9.88 Å². The molecule has 4 heterocycles. The highest BCUT2D eigenvalue weighted by Gasteiger charge is 2.48. The lowest BCUT2D eigenvalue weighted by Gasteiger charge is -2.27. The van der Waals surface area contributed by atoms with Crippen molar-refractivity contribution in [2.45, 2.75) is 49.5 Å². The van der Waals surface area contributed by atoms with E-state index >= 15 is 0 Å². The number of amides is 1. The van der Waals surface area contributed by atoms with Gasteiger partial charge < -0.3 is 9.80 Å². The van der Waals surface area contributed by atoms with Gasteiger partial charge in [-0.05, 0) is 19.3 Å². The maximum absolute atomic E-state index is 12.7. The third kappa shape index (κ3) is 2.90. The van der Waals surface area contributed by atoms with Gasteiger partial charge in [-0.3, -0.25) is 4.79 Å². The molecule has 1 aromatic rings. The lowest BCUT2D eigenvalue weighted by Crippen LogP contribution is -2.36. The number of sulfone groups is 1. The van der Waals surface area contributed by atoms with Gasteiger partial charge in [0.05, 0.1) is 16.7 Å². The molecule has 2 atom stereocenters. The molecule has 0 bridgehead atoms. The van der Waals surface area contributed by atoms with Crippen LogP contribution in [0.4, 0.5) is 5.95 Å². The zero-order chi connectivity index (χ0) is 17.6. The zero-order valence-corrected chi connectivity index (χ0v) is 15.3. The quantitative estimate of drug-likeness (QED) is 0.799. The summed E-state index contributed by atoms with van der Waals surface area (Å²) in [6.07, 6.45) is 5.20. The van der Waals surface area contributed by atoms with Crippen LogP contribution in [-0.2, 0) is 20.4 Å². The van der Waals surface area contributed by atoms with Gasteiger partial charge in [-0.15, -0.1) is 0 Å². The summed E-state index contributed by atoms with van der Waals surface area (Å²) in [6.45, 7) is 4.61. The highest BCUT2D eigenvalue weighted by molar-refractivity contribution is 7.91. The van der Waals surface area contributed by atoms with Gasteiger partial charge in [0.15, 0.2) is 9.84 Å². The Balaban J connectivity index is 1.68. The molecule has 7 nitrogen and oxygen atoms in total. The fourth-order valence-electron chi connectivity index (χ4n) is 4.21. The van der Waals surface area contributed by atoms with Crippen LogP contribution in [0.25, 0.3) is 0 Å². The first-order valence-corrected chi connectivity index (χ1v) is 10.8. The van der Waals surface area contributed by atoms with E-state index in [4.69, 9.17) is 4.98 Å². The van der Waals surface area contributed by atoms with Crippen LogP contribution in [0.5, 0.6) is 0 Å². The molecule has 3 aliphatic heterocycles. The number of rotatable bonds is 3. The molecule has 1 aromatic heterocycles. The smallest absolute Gasteiger partial charge is 0.225 e. The molecule has 136 valence electrons. The molecule has 0 aliphatic carbocycles. The molecule has 25 heavy (non-hydrogen) atoms. The van der Waals surface area contributed by atoms with Crippen LogP contribution in [-0.4, -0.2) is 60.6 Å². The van der Waals surface area contributed by atoms with Gasteiger partial charge in [0, 0.05) is 50.3 Å². The minimum Gasteiger partial charge on any atom is -0.341 e. The average molecular weight is 364 g/mol. The van der Waals surface area contributed by atoms with Crippen molar-refractivity contribution in [2.24, 2.45) is 0 Å². The monoisotopic (exact) mass is 364 g/mol. The van der Waals surface area contributed by atoms with E-state index in [1.54, 1.807) is 11.1 Å². The number of aromatic nitrogens is 2. The molecule has 3 aliphatic rings. The summed E-state index contributed by atoms with van der Waals surface area (Å²) >= 11 is 0. The summed E-state index contributed by atoms with van der Waals surface area (Å²) in [5.74, 6) is 0.508. The molecule has 8 heteroatoms. The van der Waals surface area contributed by atoms with Crippen molar-refractivity contribution in [1.82, 2.24) is 14.9 Å². The van der Waals surface area contributed by atoms with Crippen molar-refractivity contribution in [2.75, 3.05) is 31.1 Å². The van der Waals surface area contributed by atoms with Gasteiger partial charge >= 0.3 is 0 Å². The Labute approximate surface area is 148 Å². The van der Waals surface area contributed by atoms with Gasteiger partial charge in [0.1, 0.15) is 0 Å². The third-order valence-corrected chi connectivity index (χ3v) is 7.64. The van der Waals surface area contributed by atoms with Crippen molar-refractivity contribution < 1.29 is 13.2 Å². The second-order valence-electron chi connectivity index (χ2n) is 7.28. The summed E-state index contributed by atoms with van der Waals surface area (Å²) in [4.78, 5) is 25.3. The van der Waals surface area contributed by atoms with E-state index in [1.165, 1.54) is 0 Å². The first-order chi connectivity index (χ1) is 12.0. The normalized spacial score (nSPS) is 27.2. The Morgan fingerprint density at radius 2 is 2.04 bits per heavy atom. The topological polar surface area (TPSA) is 83.5 Å². The van der Waals surface area contributed by atoms with Crippen molar-refractivity contribution >= 4 is 21.7 Å². The molecular weight excluding hydrogens is 340 g/mol. The largest absolute Gasteiger partial charge is 0.341 e. The van der Waals surface area contributed by atoms with Crippen molar-refractivity contribution in [1.29, 1.82) is 0 Å². The Morgan fingerprint density at radius 3 is 2.76 bits per heavy atom. The number of hydrogen-bond donors (Lipinski definition) is 0. The van der Waals surface area contributed by atoms with Gasteiger partial charge in [0.2, 0.25) is 11.9 Å². The molecule has 0 N–H and O–H groups in total. The summed E-state index contributed by atoms with van der Waals surface area (Å²) < 4.78 is 25.4. The van der Waals surface area contributed by atoms with E-state index in [9.17, 15) is 13.2 Å². The van der Waals surface area contributed by atoms with Crippen LogP contribution in [0.15, 0.2) is 6.20 Å². The molecule has 0 unspecified atom stereocenters. The Bertz CT molecular complexity index is 789. The van der Waals surface area contributed by atoms with E-state index in [-0.39, 0.29) is 17.6 Å². The number of anilines is 1. The summed E-state index contributed by atoms with van der Waals surface area (Å²) in [7, 11) is -3.27. The first kappa shape index (κ1) is 16.8. The molecule has 0 saturated carbocycles. The first-order valence-electron chi connectivity index (χ1n) is 9.09. The summed E-state index contributed by atoms with van der Waals surface area (Å²) in [6, 6.07) is 0. The second kappa shape index (κ2) is 6.23. The molecule has 0 spiro atoms. The molecule has 2 saturated heterocycles. The maximum Gasteiger partial charge on any atom is 0.225 e. The number of likely N-dealkylation sites (tertiary alicyclic amines) is 1. The molecule has 2 fully saturated rings. The molecular formula is C17H24N4O3S. The number of carbonyl (C=O) groups is 1. The van der Waals surface area contributed by atoms with Crippen molar-refractivity contribution in [3.8, 4) is 0 Å². The third-order valence-electron chi connectivity index (χ3n) is 5.53. The lowest BCUT2D eigenvalue weighted by molar-refractivity contribution is -0.130. The molecule has 1 amide bonds. The van der Waals surface area contributed by atoms with Crippen LogP contribution < -0.4 is 4.90 Å². The average Bonchev–Trinajstić information content (AvgIpc) is 3.25. The maximum atomic E-state index is 12.7. The van der Waals surface area contributed by atoms with Crippen molar-refractivity contribution in [3.05, 3.63) is 17.5 Å². The van der Waals surface area contributed by atoms with E-state index in [1.807, 2.05) is 6.92 Å². The number of carbonyl (C=O) groups excluding carboxylic acids is 1. The molecule has 0 radical (unpaired) electrons. The fraction of sp³-hybridized carbons (Fsp3) is 0.706. The SMILES string of the molecule is CCCC(=O)N1C[C@H]2c3nc(N4CCCC4)ncc3CS(=O)(=O)[C@H]2C1. The van der Waals surface area contributed by atoms with Crippen molar-refractivity contribution in [3.63, 3.8) is 0 Å². The Morgan fingerprint density at radius 1 is 1.28 bits per heavy atom. The fourth-order valence-corrected chi connectivity index (χ4v) is 6.20. The van der Waals surface area contributed by atoms with E-state index in [0.717, 1.165) is 38.0 Å². The predicted molar refractivity (Wildman–Crippen MR) is 94.1 cm³/mol. The van der Waals surface area contributed by atoms with Crippen LogP contribution in [0, 0.1) is 0 Å². The van der Waals surface area contributed by atoms with Gasteiger partial charge in [0.25, 0.3) is 0 Å². The predicted octanol–water partition coefficient (Wildman–Crippen LogP) is 1.10. The van der Waals surface area contributed by atoms with Gasteiger partial charge in [-0.25, -0.2) is 18.4 Å². The summed E-state index contributed by atoms with van der Waals surface area (Å²) in [5.41, 5.74) is 1.54. The zero-order valence-electron chi connectivity index (χ0n) is 14.5.